The van der Waals surface area contributed by atoms with E-state index in [1.807, 2.05) is 6.92 Å². The molecule has 30 heavy (non-hydrogen) atoms. The quantitative estimate of drug-likeness (QED) is 0.630. The van der Waals surface area contributed by atoms with E-state index in [-0.39, 0.29) is 16.9 Å². The molecule has 2 heterocycles. The molecule has 9 heteroatoms. The number of aromatic nitrogens is 2. The Morgan fingerprint density at radius 3 is 2.37 bits per heavy atom. The summed E-state index contributed by atoms with van der Waals surface area (Å²) in [6, 6.07) is 9.88. The van der Waals surface area contributed by atoms with Crippen LogP contribution in [0.15, 0.2) is 46.0 Å². The van der Waals surface area contributed by atoms with E-state index in [0.29, 0.717) is 17.0 Å². The molecule has 0 saturated heterocycles. The highest BCUT2D eigenvalue weighted by Crippen LogP contribution is 2.45. The largest absolute Gasteiger partial charge is 0.494 e. The molecule has 2 aromatic carbocycles. The van der Waals surface area contributed by atoms with E-state index in [1.165, 1.54) is 14.2 Å². The fourth-order valence-corrected chi connectivity index (χ4v) is 3.52. The van der Waals surface area contributed by atoms with Gasteiger partial charge in [-0.1, -0.05) is 23.8 Å². The van der Waals surface area contributed by atoms with Gasteiger partial charge in [0.1, 0.15) is 11.1 Å². The van der Waals surface area contributed by atoms with Crippen LogP contribution in [-0.2, 0) is 4.74 Å². The number of cyclic esters (lactones) is 1. The first-order valence-electron chi connectivity index (χ1n) is 8.98. The van der Waals surface area contributed by atoms with Crippen molar-refractivity contribution in [3.63, 3.8) is 0 Å². The molecule has 0 radical (unpaired) electrons. The third-order valence-corrected chi connectivity index (χ3v) is 4.96. The molecule has 1 atom stereocenters. The number of fused-ring (bicyclic) bond motifs is 1. The van der Waals surface area contributed by atoms with Crippen molar-refractivity contribution in [2.45, 2.75) is 13.0 Å². The predicted octanol–water partition coefficient (Wildman–Crippen LogP) is 1.82. The number of nitrogens with zero attached hydrogens (tertiary/aromatic N) is 1. The molecule has 0 amide bonds. The second-order valence-corrected chi connectivity index (χ2v) is 6.72. The van der Waals surface area contributed by atoms with E-state index in [0.717, 1.165) is 10.1 Å². The topological polar surface area (TPSA) is 120 Å². The predicted molar refractivity (Wildman–Crippen MR) is 106 cm³/mol. The van der Waals surface area contributed by atoms with E-state index >= 15 is 0 Å². The number of methoxy groups -OCH3 is 2. The summed E-state index contributed by atoms with van der Waals surface area (Å²) < 4.78 is 16.8. The van der Waals surface area contributed by atoms with Crippen molar-refractivity contribution in [3.8, 4) is 23.1 Å². The summed E-state index contributed by atoms with van der Waals surface area (Å²) in [7, 11) is 2.80. The lowest BCUT2D eigenvalue weighted by atomic mass is 9.99. The Morgan fingerprint density at radius 2 is 1.73 bits per heavy atom. The van der Waals surface area contributed by atoms with Crippen LogP contribution in [0.5, 0.6) is 17.4 Å². The van der Waals surface area contributed by atoms with E-state index in [2.05, 4.69) is 4.98 Å². The van der Waals surface area contributed by atoms with E-state index in [9.17, 15) is 19.5 Å². The number of benzene rings is 2. The van der Waals surface area contributed by atoms with Crippen molar-refractivity contribution >= 4 is 5.97 Å². The molecule has 0 fully saturated rings. The van der Waals surface area contributed by atoms with Gasteiger partial charge in [-0.2, -0.15) is 0 Å². The summed E-state index contributed by atoms with van der Waals surface area (Å²) in [6.07, 6.45) is -1.23. The average Bonchev–Trinajstić information content (AvgIpc) is 3.04. The molecule has 0 aliphatic carbocycles. The van der Waals surface area contributed by atoms with Crippen LogP contribution in [0.2, 0.25) is 0 Å². The highest BCUT2D eigenvalue weighted by atomic mass is 16.6. The first-order chi connectivity index (χ1) is 14.4. The maximum absolute atomic E-state index is 12.6. The molecule has 9 nitrogen and oxygen atoms in total. The number of esters is 1. The Hall–Kier alpha value is -4.01. The van der Waals surface area contributed by atoms with Crippen molar-refractivity contribution in [2.75, 3.05) is 14.2 Å². The maximum atomic E-state index is 12.6. The maximum Gasteiger partial charge on any atom is 0.343 e. The molecule has 0 spiro atoms. The summed E-state index contributed by atoms with van der Waals surface area (Å²) in [5.74, 6) is -0.882. The highest BCUT2D eigenvalue weighted by molar-refractivity contribution is 5.98. The van der Waals surface area contributed by atoms with Gasteiger partial charge in [-0.3, -0.25) is 9.78 Å². The third-order valence-electron chi connectivity index (χ3n) is 4.96. The monoisotopic (exact) mass is 410 g/mol. The Bertz CT molecular complexity index is 1270. The number of hydrogen-bond acceptors (Lipinski definition) is 7. The minimum Gasteiger partial charge on any atom is -0.494 e. The lowest BCUT2D eigenvalue weighted by Gasteiger charge is -2.16. The van der Waals surface area contributed by atoms with Crippen molar-refractivity contribution in [1.29, 1.82) is 0 Å². The minimum atomic E-state index is -1.23. The minimum absolute atomic E-state index is 0.0914. The normalized spacial score (nSPS) is 14.9. The number of carbonyl (C=O) groups is 1. The Balaban J connectivity index is 1.95. The van der Waals surface area contributed by atoms with Gasteiger partial charge < -0.3 is 19.3 Å². The van der Waals surface area contributed by atoms with Crippen LogP contribution in [0, 0.1) is 6.92 Å². The molecule has 1 aromatic heterocycles. The number of carbonyl (C=O) groups excluding carboxylic acids is 1. The standard InChI is InChI=1S/C21H18N2O7/c1-10-4-6-11(7-5-10)23-19(25)15(18(24)22-21(23)27)16-12-8-9-13(28-2)17(29-3)14(12)20(26)30-16/h4-9,16,25H,1-3H3,(H,22,24,27)/t16-/m0/s1. The molecule has 0 bridgehead atoms. The summed E-state index contributed by atoms with van der Waals surface area (Å²) in [6.45, 7) is 1.88. The van der Waals surface area contributed by atoms with Gasteiger partial charge >= 0.3 is 11.7 Å². The van der Waals surface area contributed by atoms with Gasteiger partial charge in [-0.25, -0.2) is 14.2 Å². The Morgan fingerprint density at radius 1 is 1.03 bits per heavy atom. The van der Waals surface area contributed by atoms with Gasteiger partial charge in [0.2, 0.25) is 5.88 Å². The van der Waals surface area contributed by atoms with Gasteiger partial charge in [0.15, 0.2) is 17.6 Å². The fraction of sp³-hybridized carbons (Fsp3) is 0.190. The first-order valence-corrected chi connectivity index (χ1v) is 8.98. The number of ether oxygens (including phenoxy) is 3. The average molecular weight is 410 g/mol. The van der Waals surface area contributed by atoms with Crippen LogP contribution < -0.4 is 20.7 Å². The van der Waals surface area contributed by atoms with Crippen LogP contribution in [0.4, 0.5) is 0 Å². The van der Waals surface area contributed by atoms with Gasteiger partial charge in [0.05, 0.1) is 19.9 Å². The lowest BCUT2D eigenvalue weighted by Crippen LogP contribution is -2.32. The molecule has 2 N–H and O–H groups in total. The Labute approximate surface area is 170 Å². The van der Waals surface area contributed by atoms with E-state index < -0.39 is 29.2 Å². The number of hydrogen-bond donors (Lipinski definition) is 2. The van der Waals surface area contributed by atoms with Crippen LogP contribution in [0.25, 0.3) is 5.69 Å². The first kappa shape index (κ1) is 19.3. The molecule has 4 rings (SSSR count). The number of aromatic hydroxyl groups is 1. The van der Waals surface area contributed by atoms with Crippen LogP contribution in [0.1, 0.15) is 33.2 Å². The number of H-pyrrole nitrogens is 1. The molecule has 0 unspecified atom stereocenters. The van der Waals surface area contributed by atoms with Crippen LogP contribution >= 0.6 is 0 Å². The van der Waals surface area contributed by atoms with Crippen LogP contribution in [0.3, 0.4) is 0 Å². The van der Waals surface area contributed by atoms with Crippen molar-refractivity contribution in [1.82, 2.24) is 9.55 Å². The number of aryl methyl sites for hydroxylation is 1. The van der Waals surface area contributed by atoms with Crippen molar-refractivity contribution < 1.29 is 24.1 Å². The fourth-order valence-electron chi connectivity index (χ4n) is 3.52. The van der Waals surface area contributed by atoms with Crippen molar-refractivity contribution in [2.24, 2.45) is 0 Å². The molecule has 1 aliphatic heterocycles. The van der Waals surface area contributed by atoms with Gasteiger partial charge in [0.25, 0.3) is 5.56 Å². The molecular weight excluding hydrogens is 392 g/mol. The molecule has 154 valence electrons. The Kier molecular flexibility index (Phi) is 4.57. The summed E-state index contributed by atoms with van der Waals surface area (Å²) in [4.78, 5) is 39.8. The molecule has 3 aromatic rings. The molecule has 0 saturated carbocycles. The van der Waals surface area contributed by atoms with E-state index in [4.69, 9.17) is 14.2 Å². The highest BCUT2D eigenvalue weighted by Gasteiger charge is 2.40. The summed E-state index contributed by atoms with van der Waals surface area (Å²) in [5.41, 5.74) is -0.243. The van der Waals surface area contributed by atoms with Gasteiger partial charge in [0, 0.05) is 5.56 Å². The summed E-state index contributed by atoms with van der Waals surface area (Å²) >= 11 is 0. The number of rotatable bonds is 4. The lowest BCUT2D eigenvalue weighted by molar-refractivity contribution is 0.0447. The molecule has 1 aliphatic rings. The second kappa shape index (κ2) is 7.11. The zero-order valence-corrected chi connectivity index (χ0v) is 16.4. The number of nitrogens with one attached hydrogen (secondary N) is 1. The smallest absolute Gasteiger partial charge is 0.343 e. The molecular formula is C21H18N2O7. The third kappa shape index (κ3) is 2.83. The second-order valence-electron chi connectivity index (χ2n) is 6.72. The van der Waals surface area contributed by atoms with Crippen LogP contribution in [-0.4, -0.2) is 34.8 Å². The zero-order chi connectivity index (χ0) is 21.6. The van der Waals surface area contributed by atoms with E-state index in [1.54, 1.807) is 36.4 Å². The van der Waals surface area contributed by atoms with Gasteiger partial charge in [-0.05, 0) is 25.1 Å². The number of aromatic amines is 1. The van der Waals surface area contributed by atoms with Gasteiger partial charge in [-0.15, -0.1) is 0 Å². The SMILES string of the molecule is COc1ccc2c(c1OC)C(=O)O[C@@H]2c1c(O)n(-c2ccc(C)cc2)c(=O)[nH]c1=O. The van der Waals surface area contributed by atoms with Crippen molar-refractivity contribution in [3.05, 3.63) is 79.5 Å². The zero-order valence-electron chi connectivity index (χ0n) is 16.4. The summed E-state index contributed by atoms with van der Waals surface area (Å²) in [5, 5.41) is 10.9.